The van der Waals surface area contributed by atoms with Crippen molar-refractivity contribution in [3.8, 4) is 0 Å². The summed E-state index contributed by atoms with van der Waals surface area (Å²) in [6.07, 6.45) is 10.0. The molecule has 216 valence electrons. The summed E-state index contributed by atoms with van der Waals surface area (Å²) < 4.78 is 40.0. The van der Waals surface area contributed by atoms with Crippen LogP contribution in [0.3, 0.4) is 0 Å². The molecule has 0 bridgehead atoms. The third-order valence-corrected chi connectivity index (χ3v) is 22.4. The molecule has 9 heteroatoms. The molecule has 0 spiro atoms. The molecule has 1 aliphatic rings. The molecule has 36 heavy (non-hydrogen) atoms. The van der Waals surface area contributed by atoms with Crippen LogP contribution in [0.25, 0.3) is 0 Å². The number of unbranched alkanes of at least 4 members (excludes halogenated alkanes) is 3. The molecule has 0 saturated carbocycles. The largest absolute Gasteiger partial charge is 0.415 e. The molecule has 1 aliphatic heterocycles. The zero-order valence-electron chi connectivity index (χ0n) is 24.8. The second-order valence-electron chi connectivity index (χ2n) is 10.4. The number of hydrogen-bond donors (Lipinski definition) is 0. The van der Waals surface area contributed by atoms with E-state index in [0.29, 0.717) is 0 Å². The lowest BCUT2D eigenvalue weighted by Gasteiger charge is -2.54. The van der Waals surface area contributed by atoms with Gasteiger partial charge in [-0.1, -0.05) is 80.1 Å². The first-order valence-electron chi connectivity index (χ1n) is 15.3. The van der Waals surface area contributed by atoms with Crippen molar-refractivity contribution in [2.45, 2.75) is 136 Å². The lowest BCUT2D eigenvalue weighted by atomic mass is 10.4. The van der Waals surface area contributed by atoms with E-state index in [1.807, 2.05) is 0 Å². The van der Waals surface area contributed by atoms with Gasteiger partial charge < -0.3 is 26.6 Å². The van der Waals surface area contributed by atoms with Gasteiger partial charge in [-0.15, -0.1) is 0 Å². The van der Waals surface area contributed by atoms with E-state index in [9.17, 15) is 0 Å². The van der Waals surface area contributed by atoms with Gasteiger partial charge in [0.25, 0.3) is 0 Å². The fourth-order valence-corrected chi connectivity index (χ4v) is 24.0. The maximum atomic E-state index is 7.27. The highest BCUT2D eigenvalue weighted by molar-refractivity contribution is 6.94. The summed E-state index contributed by atoms with van der Waals surface area (Å²) >= 11 is 0. The van der Waals surface area contributed by atoms with E-state index in [0.717, 1.165) is 134 Å². The third kappa shape index (κ3) is 13.0. The fraction of sp³-hybridized carbons (Fsp3) is 1.00. The molecule has 0 unspecified atom stereocenters. The second-order valence-corrected chi connectivity index (χ2v) is 21.3. The first-order valence-corrected chi connectivity index (χ1v) is 22.0. The van der Waals surface area contributed by atoms with E-state index < -0.39 is 25.7 Å². The van der Waals surface area contributed by atoms with Crippen molar-refractivity contribution in [1.82, 2.24) is 0 Å². The Morgan fingerprint density at radius 1 is 0.361 bits per heavy atom. The summed E-state index contributed by atoms with van der Waals surface area (Å²) in [6, 6.07) is 5.82. The van der Waals surface area contributed by atoms with E-state index in [2.05, 4.69) is 41.5 Å². The topological polar surface area (TPSA) is 55.4 Å². The third-order valence-electron chi connectivity index (χ3n) is 6.82. The average Bonchev–Trinajstić information content (AvgIpc) is 2.84. The first-order chi connectivity index (χ1) is 17.5. The summed E-state index contributed by atoms with van der Waals surface area (Å²) in [4.78, 5) is 0. The summed E-state index contributed by atoms with van der Waals surface area (Å²) in [5.74, 6) is 0. The van der Waals surface area contributed by atoms with Crippen molar-refractivity contribution >= 4 is 25.7 Å². The van der Waals surface area contributed by atoms with Crippen molar-refractivity contribution in [1.29, 1.82) is 0 Å². The Labute approximate surface area is 227 Å². The highest BCUT2D eigenvalue weighted by Crippen LogP contribution is 2.43. The van der Waals surface area contributed by atoms with E-state index in [4.69, 9.17) is 26.6 Å². The van der Waals surface area contributed by atoms with Crippen LogP contribution < -0.4 is 0 Å². The molecule has 0 amide bonds. The number of ether oxygens (including phenoxy) is 3. The van der Waals surface area contributed by atoms with E-state index in [1.54, 1.807) is 0 Å². The predicted octanol–water partition coefficient (Wildman–Crippen LogP) is 8.06. The highest BCUT2D eigenvalue weighted by atomic mass is 28.5. The summed E-state index contributed by atoms with van der Waals surface area (Å²) in [5, 5.41) is 0. The maximum absolute atomic E-state index is 7.27. The van der Waals surface area contributed by atoms with Gasteiger partial charge >= 0.3 is 25.7 Å². The lowest BCUT2D eigenvalue weighted by molar-refractivity contribution is 0.117. The highest BCUT2D eigenvalue weighted by Gasteiger charge is 2.60. The predicted molar refractivity (Wildman–Crippen MR) is 157 cm³/mol. The van der Waals surface area contributed by atoms with Crippen LogP contribution in [0.1, 0.15) is 99.3 Å². The van der Waals surface area contributed by atoms with Crippen LogP contribution in [-0.2, 0) is 26.6 Å². The van der Waals surface area contributed by atoms with Gasteiger partial charge in [0.2, 0.25) is 0 Å². The lowest BCUT2D eigenvalue weighted by Crippen LogP contribution is -2.70. The van der Waals surface area contributed by atoms with Crippen molar-refractivity contribution in [2.75, 3.05) is 39.6 Å². The molecule has 0 atom stereocenters. The van der Waals surface area contributed by atoms with Crippen LogP contribution in [0.15, 0.2) is 0 Å². The number of hydrogen-bond acceptors (Lipinski definition) is 6. The molecule has 0 aromatic carbocycles. The smallest absolute Gasteiger partial charge is 0.322 e. The van der Waals surface area contributed by atoms with Crippen molar-refractivity contribution in [3.63, 3.8) is 0 Å². The molecular weight excluding hydrogens is 505 g/mol. The Hall–Kier alpha value is 0.411. The molecule has 6 nitrogen and oxygen atoms in total. The van der Waals surface area contributed by atoms with Crippen LogP contribution in [-0.4, -0.2) is 65.3 Å². The molecule has 1 rings (SSSR count). The molecule has 0 aliphatic carbocycles. The fourth-order valence-electron chi connectivity index (χ4n) is 4.94. The second kappa shape index (κ2) is 20.3. The Morgan fingerprint density at radius 2 is 0.639 bits per heavy atom. The molecule has 0 N–H and O–H groups in total. The Morgan fingerprint density at radius 3 is 0.861 bits per heavy atom. The monoisotopic (exact) mass is 564 g/mol. The summed E-state index contributed by atoms with van der Waals surface area (Å²) in [7, 11) is -7.43. The Balaban J connectivity index is 3.19. The van der Waals surface area contributed by atoms with Crippen LogP contribution in [0.5, 0.6) is 0 Å². The molecule has 1 fully saturated rings. The minimum atomic E-state index is -2.48. The molecule has 0 aromatic rings. The summed E-state index contributed by atoms with van der Waals surface area (Å²) in [6.45, 7) is 18.1. The van der Waals surface area contributed by atoms with Gasteiger partial charge in [0, 0.05) is 57.8 Å². The Kier molecular flexibility index (Phi) is 19.5. The molecule has 1 heterocycles. The van der Waals surface area contributed by atoms with Crippen molar-refractivity contribution < 1.29 is 26.6 Å². The van der Waals surface area contributed by atoms with Gasteiger partial charge in [-0.05, 0) is 37.4 Å². The van der Waals surface area contributed by atoms with E-state index >= 15 is 0 Å². The normalized spacial score (nSPS) is 26.5. The van der Waals surface area contributed by atoms with Crippen LogP contribution in [0.2, 0.25) is 36.3 Å². The van der Waals surface area contributed by atoms with Gasteiger partial charge in [-0.3, -0.25) is 0 Å². The van der Waals surface area contributed by atoms with E-state index in [1.165, 1.54) is 0 Å². The molecular formula is C27H60O6Si3. The van der Waals surface area contributed by atoms with Gasteiger partial charge in [0.1, 0.15) is 0 Å². The van der Waals surface area contributed by atoms with Crippen LogP contribution >= 0.6 is 0 Å². The zero-order valence-corrected chi connectivity index (χ0v) is 27.8. The first kappa shape index (κ1) is 34.4. The van der Waals surface area contributed by atoms with Gasteiger partial charge in [-0.2, -0.15) is 0 Å². The van der Waals surface area contributed by atoms with Gasteiger partial charge in [-0.25, -0.2) is 0 Å². The standard InChI is InChI=1S/C27H60O6Si3/c1-7-13-16-28-19-25-34(22-10-4)31-35(23-11-5,26-20-29-17-14-8-2)33-36(32-34,24-12-6)27-21-30-18-15-9-3/h7-27H2,1-6H3. The molecule has 1 saturated heterocycles. The quantitative estimate of drug-likeness (QED) is 0.0873. The zero-order chi connectivity index (χ0) is 26.6. The average molecular weight is 565 g/mol. The van der Waals surface area contributed by atoms with Gasteiger partial charge in [0.05, 0.1) is 0 Å². The SMILES string of the molecule is CCCCOCC[Si]1(CCC)O[Si](CCC)(CCOCCCC)O[Si](CCC)(CCOCCCC)O1. The Bertz CT molecular complexity index is 448. The van der Waals surface area contributed by atoms with Crippen molar-refractivity contribution in [3.05, 3.63) is 0 Å². The van der Waals surface area contributed by atoms with Gasteiger partial charge in [0.15, 0.2) is 0 Å². The van der Waals surface area contributed by atoms with Crippen molar-refractivity contribution in [2.24, 2.45) is 0 Å². The summed E-state index contributed by atoms with van der Waals surface area (Å²) in [5.41, 5.74) is 0. The minimum absolute atomic E-state index is 0.736. The molecule has 0 aromatic heterocycles. The molecule has 0 radical (unpaired) electrons. The van der Waals surface area contributed by atoms with Crippen LogP contribution in [0, 0.1) is 0 Å². The minimum Gasteiger partial charge on any atom is -0.415 e. The van der Waals surface area contributed by atoms with Crippen LogP contribution in [0.4, 0.5) is 0 Å². The number of rotatable bonds is 24. The maximum Gasteiger partial charge on any atom is 0.322 e. The van der Waals surface area contributed by atoms with E-state index in [-0.39, 0.29) is 0 Å².